The molecule has 1 saturated heterocycles. The summed E-state index contributed by atoms with van der Waals surface area (Å²) >= 11 is 0. The standard InChI is InChI=1S/C19H26BNO3.C2H6O.C2H6/c1-18(2)19(3,4)24-20(23-18)16-9-5-14(6-10-16)15-7-11-17(12-8-15)21-13-22;1-3-2;1-2/h5-7,9-10,13,17H,8,11-12H2,1-4H3,(H,21,22);1-2H3;1-2H3. The van der Waals surface area contributed by atoms with Crippen molar-refractivity contribution in [3.63, 3.8) is 0 Å². The molecule has 1 amide bonds. The van der Waals surface area contributed by atoms with Crippen molar-refractivity contribution >= 4 is 24.6 Å². The van der Waals surface area contributed by atoms with Crippen LogP contribution in [0.25, 0.3) is 5.57 Å². The maximum absolute atomic E-state index is 10.5. The first-order chi connectivity index (χ1) is 13.7. The molecule has 1 aromatic carbocycles. The number of allylic oxidation sites excluding steroid dienone is 1. The zero-order valence-electron chi connectivity index (χ0n) is 19.4. The van der Waals surface area contributed by atoms with E-state index >= 15 is 0 Å². The molecule has 0 saturated carbocycles. The van der Waals surface area contributed by atoms with E-state index in [9.17, 15) is 4.79 Å². The summed E-state index contributed by atoms with van der Waals surface area (Å²) in [5.74, 6) is 0. The summed E-state index contributed by atoms with van der Waals surface area (Å²) < 4.78 is 16.4. The lowest BCUT2D eigenvalue weighted by molar-refractivity contribution is -0.110. The third kappa shape index (κ3) is 6.70. The Morgan fingerprint density at radius 1 is 1.07 bits per heavy atom. The molecule has 3 rings (SSSR count). The van der Waals surface area contributed by atoms with Gasteiger partial charge in [0.05, 0.1) is 11.2 Å². The first-order valence-corrected chi connectivity index (χ1v) is 10.5. The van der Waals surface area contributed by atoms with E-state index in [1.54, 1.807) is 14.2 Å². The van der Waals surface area contributed by atoms with Crippen molar-refractivity contribution in [2.45, 2.75) is 78.0 Å². The van der Waals surface area contributed by atoms with E-state index < -0.39 is 0 Å². The molecule has 1 atom stereocenters. The minimum Gasteiger partial charge on any atom is -0.399 e. The number of carbonyl (C=O) groups excluding carboxylic acids is 1. The quantitative estimate of drug-likeness (QED) is 0.611. The van der Waals surface area contributed by atoms with Crippen molar-refractivity contribution in [3.05, 3.63) is 35.9 Å². The van der Waals surface area contributed by atoms with Crippen LogP contribution >= 0.6 is 0 Å². The van der Waals surface area contributed by atoms with E-state index in [-0.39, 0.29) is 24.4 Å². The van der Waals surface area contributed by atoms with Crippen LogP contribution in [0.4, 0.5) is 0 Å². The zero-order valence-corrected chi connectivity index (χ0v) is 19.4. The highest BCUT2D eigenvalue weighted by atomic mass is 16.7. The number of rotatable bonds is 4. The Balaban J connectivity index is 0.000000771. The number of amides is 1. The normalized spacial score (nSPS) is 21.7. The lowest BCUT2D eigenvalue weighted by Gasteiger charge is -2.32. The van der Waals surface area contributed by atoms with Crippen molar-refractivity contribution < 1.29 is 18.8 Å². The van der Waals surface area contributed by atoms with Crippen molar-refractivity contribution in [3.8, 4) is 0 Å². The molecule has 0 bridgehead atoms. The molecule has 6 heteroatoms. The number of methoxy groups -OCH3 is 1. The molecule has 1 aromatic rings. The molecule has 0 aromatic heterocycles. The van der Waals surface area contributed by atoms with Gasteiger partial charge >= 0.3 is 7.12 Å². The van der Waals surface area contributed by atoms with Crippen LogP contribution in [-0.2, 0) is 18.8 Å². The first-order valence-electron chi connectivity index (χ1n) is 10.5. The van der Waals surface area contributed by atoms with Crippen LogP contribution in [0.5, 0.6) is 0 Å². The van der Waals surface area contributed by atoms with Crippen molar-refractivity contribution in [1.29, 1.82) is 0 Å². The van der Waals surface area contributed by atoms with Crippen LogP contribution in [0.15, 0.2) is 30.3 Å². The molecule has 29 heavy (non-hydrogen) atoms. The highest BCUT2D eigenvalue weighted by Crippen LogP contribution is 2.36. The number of nitrogens with one attached hydrogen (secondary N) is 1. The van der Waals surface area contributed by atoms with Gasteiger partial charge in [0.1, 0.15) is 0 Å². The topological polar surface area (TPSA) is 56.8 Å². The van der Waals surface area contributed by atoms with Gasteiger partial charge in [0.15, 0.2) is 0 Å². The average molecular weight is 403 g/mol. The molecule has 1 aliphatic carbocycles. The van der Waals surface area contributed by atoms with E-state index in [1.807, 2.05) is 13.8 Å². The molecule has 0 spiro atoms. The molecule has 1 aliphatic heterocycles. The van der Waals surface area contributed by atoms with Crippen LogP contribution in [-0.4, -0.2) is 45.0 Å². The third-order valence-corrected chi connectivity index (χ3v) is 5.52. The Bertz CT molecular complexity index is 639. The molecule has 162 valence electrons. The predicted molar refractivity (Wildman–Crippen MR) is 121 cm³/mol. The molecule has 0 radical (unpaired) electrons. The lowest BCUT2D eigenvalue weighted by atomic mass is 9.78. The molecule has 1 heterocycles. The van der Waals surface area contributed by atoms with Gasteiger partial charge in [-0.25, -0.2) is 0 Å². The molecule has 1 fully saturated rings. The third-order valence-electron chi connectivity index (χ3n) is 5.52. The molecule has 1 N–H and O–H groups in total. The van der Waals surface area contributed by atoms with E-state index in [0.717, 1.165) is 31.1 Å². The number of carbonyl (C=O) groups is 1. The Morgan fingerprint density at radius 2 is 1.59 bits per heavy atom. The van der Waals surface area contributed by atoms with Crippen molar-refractivity contribution in [2.75, 3.05) is 14.2 Å². The Morgan fingerprint density at radius 3 is 2.00 bits per heavy atom. The fourth-order valence-corrected chi connectivity index (χ4v) is 3.18. The minimum absolute atomic E-state index is 0.273. The van der Waals surface area contributed by atoms with Gasteiger partial charge in [0.2, 0.25) is 6.41 Å². The van der Waals surface area contributed by atoms with Crippen LogP contribution in [0.2, 0.25) is 0 Å². The van der Waals surface area contributed by atoms with Gasteiger partial charge in [-0.15, -0.1) is 0 Å². The number of hydrogen-bond donors (Lipinski definition) is 1. The minimum atomic E-state index is -0.317. The summed E-state index contributed by atoms with van der Waals surface area (Å²) in [5.41, 5.74) is 3.00. The fraction of sp³-hybridized carbons (Fsp3) is 0.609. The highest BCUT2D eigenvalue weighted by Gasteiger charge is 2.51. The van der Waals surface area contributed by atoms with Gasteiger partial charge < -0.3 is 19.4 Å². The number of hydrogen-bond acceptors (Lipinski definition) is 4. The van der Waals surface area contributed by atoms with Crippen LogP contribution in [0.3, 0.4) is 0 Å². The van der Waals surface area contributed by atoms with Gasteiger partial charge in [-0.2, -0.15) is 0 Å². The Labute approximate surface area is 177 Å². The van der Waals surface area contributed by atoms with Crippen LogP contribution in [0.1, 0.15) is 66.4 Å². The smallest absolute Gasteiger partial charge is 0.399 e. The van der Waals surface area contributed by atoms with Gasteiger partial charge in [-0.1, -0.05) is 44.2 Å². The number of benzene rings is 1. The summed E-state index contributed by atoms with van der Waals surface area (Å²) in [4.78, 5) is 10.5. The summed E-state index contributed by atoms with van der Waals surface area (Å²) in [6.45, 7) is 12.3. The summed E-state index contributed by atoms with van der Waals surface area (Å²) in [6, 6.07) is 8.73. The lowest BCUT2D eigenvalue weighted by Crippen LogP contribution is -2.41. The van der Waals surface area contributed by atoms with E-state index in [0.29, 0.717) is 0 Å². The highest BCUT2D eigenvalue weighted by molar-refractivity contribution is 6.62. The molecule has 2 aliphatic rings. The monoisotopic (exact) mass is 403 g/mol. The maximum atomic E-state index is 10.5. The summed E-state index contributed by atoms with van der Waals surface area (Å²) in [6.07, 6.45) is 5.90. The predicted octanol–water partition coefficient (Wildman–Crippen LogP) is 3.96. The second-order valence-corrected chi connectivity index (χ2v) is 8.10. The summed E-state index contributed by atoms with van der Waals surface area (Å²) in [7, 11) is 2.94. The van der Waals surface area contributed by atoms with Crippen LogP contribution < -0.4 is 10.8 Å². The molecular weight excluding hydrogens is 365 g/mol. The first kappa shape index (κ1) is 25.4. The average Bonchev–Trinajstić information content (AvgIpc) is 2.92. The Kier molecular flexibility index (Phi) is 10.1. The largest absolute Gasteiger partial charge is 0.494 e. The van der Waals surface area contributed by atoms with Gasteiger partial charge in [-0.05, 0) is 63.6 Å². The van der Waals surface area contributed by atoms with Gasteiger partial charge in [0.25, 0.3) is 0 Å². The van der Waals surface area contributed by atoms with E-state index in [2.05, 4.69) is 68.1 Å². The summed E-state index contributed by atoms with van der Waals surface area (Å²) in [5, 5.41) is 2.86. The van der Waals surface area contributed by atoms with E-state index in [4.69, 9.17) is 9.31 Å². The maximum Gasteiger partial charge on any atom is 0.494 e. The van der Waals surface area contributed by atoms with Gasteiger partial charge in [-0.3, -0.25) is 4.79 Å². The SMILES string of the molecule is CC.CC1(C)OB(c2ccc(C3=CCC(NC=O)CC3)cc2)OC1(C)C.COC. The fourth-order valence-electron chi connectivity index (χ4n) is 3.18. The number of ether oxygens (including phenoxy) is 1. The second-order valence-electron chi connectivity index (χ2n) is 8.10. The van der Waals surface area contributed by atoms with E-state index in [1.165, 1.54) is 11.1 Å². The molecule has 5 nitrogen and oxygen atoms in total. The molecule has 1 unspecified atom stereocenters. The second kappa shape index (κ2) is 11.5. The van der Waals surface area contributed by atoms with Crippen molar-refractivity contribution in [1.82, 2.24) is 5.32 Å². The Hall–Kier alpha value is -1.63. The van der Waals surface area contributed by atoms with Crippen molar-refractivity contribution in [2.24, 2.45) is 0 Å². The van der Waals surface area contributed by atoms with Gasteiger partial charge in [0, 0.05) is 20.3 Å². The zero-order chi connectivity index (χ0) is 22.1. The molecular formula is C23H38BNO4. The van der Waals surface area contributed by atoms with Crippen LogP contribution in [0, 0.1) is 0 Å².